The molecule has 0 aromatic heterocycles. The minimum Gasteiger partial charge on any atom is -0.378 e. The van der Waals surface area contributed by atoms with Gasteiger partial charge in [-0.2, -0.15) is 0 Å². The molecule has 1 heterocycles. The molecule has 1 atom stereocenters. The van der Waals surface area contributed by atoms with Crippen molar-refractivity contribution in [2.75, 3.05) is 19.7 Å². The Kier molecular flexibility index (Phi) is 11.5. The van der Waals surface area contributed by atoms with Gasteiger partial charge >= 0.3 is 0 Å². The lowest BCUT2D eigenvalue weighted by atomic mass is 10.1. The maximum atomic E-state index is 5.63. The van der Waals surface area contributed by atoms with Crippen molar-refractivity contribution in [2.45, 2.75) is 90.1 Å². The smallest absolute Gasteiger partial charge is 0.0576 e. The van der Waals surface area contributed by atoms with Gasteiger partial charge in [-0.15, -0.1) is 0 Å². The van der Waals surface area contributed by atoms with E-state index in [9.17, 15) is 0 Å². The molecule has 0 saturated carbocycles. The van der Waals surface area contributed by atoms with E-state index in [1.807, 2.05) is 0 Å². The molecule has 1 N–H and O–H groups in total. The summed E-state index contributed by atoms with van der Waals surface area (Å²) < 4.78 is 5.63. The molecule has 0 bridgehead atoms. The molecule has 0 radical (unpaired) electrons. The van der Waals surface area contributed by atoms with Crippen molar-refractivity contribution in [3.05, 3.63) is 0 Å². The van der Waals surface area contributed by atoms with Crippen molar-refractivity contribution in [3.63, 3.8) is 0 Å². The summed E-state index contributed by atoms with van der Waals surface area (Å²) in [5.74, 6) is 0. The van der Waals surface area contributed by atoms with Crippen LogP contribution in [0, 0.1) is 0 Å². The summed E-state index contributed by atoms with van der Waals surface area (Å²) in [5.41, 5.74) is 0. The molecule has 2 heteroatoms. The average Bonchev–Trinajstić information content (AvgIpc) is 2.93. The summed E-state index contributed by atoms with van der Waals surface area (Å²) in [6.45, 7) is 5.66. The van der Waals surface area contributed by atoms with Crippen molar-refractivity contribution >= 4 is 0 Å². The summed E-state index contributed by atoms with van der Waals surface area (Å²) in [5, 5.41) is 3.56. The van der Waals surface area contributed by atoms with Crippen LogP contribution in [0.15, 0.2) is 0 Å². The predicted molar refractivity (Wildman–Crippen MR) is 83.7 cm³/mol. The van der Waals surface area contributed by atoms with E-state index in [1.54, 1.807) is 0 Å². The third kappa shape index (κ3) is 10.4. The van der Waals surface area contributed by atoms with E-state index in [4.69, 9.17) is 4.74 Å². The molecule has 2 nitrogen and oxygen atoms in total. The maximum Gasteiger partial charge on any atom is 0.0576 e. The lowest BCUT2D eigenvalue weighted by Crippen LogP contribution is -2.18. The third-order valence-corrected chi connectivity index (χ3v) is 4.11. The fourth-order valence-corrected chi connectivity index (χ4v) is 2.84. The highest BCUT2D eigenvalue weighted by Crippen LogP contribution is 2.16. The van der Waals surface area contributed by atoms with Crippen LogP contribution in [-0.4, -0.2) is 25.8 Å². The van der Waals surface area contributed by atoms with Crippen LogP contribution in [0.4, 0.5) is 0 Å². The van der Waals surface area contributed by atoms with Gasteiger partial charge in [0, 0.05) is 6.61 Å². The highest BCUT2D eigenvalue weighted by atomic mass is 16.5. The molecule has 0 amide bonds. The second-order valence-electron chi connectivity index (χ2n) is 6.00. The molecule has 19 heavy (non-hydrogen) atoms. The van der Waals surface area contributed by atoms with Crippen LogP contribution in [-0.2, 0) is 4.74 Å². The monoisotopic (exact) mass is 269 g/mol. The number of ether oxygens (including phenoxy) is 1. The van der Waals surface area contributed by atoms with E-state index in [2.05, 4.69) is 12.2 Å². The summed E-state index contributed by atoms with van der Waals surface area (Å²) in [6.07, 6.45) is 17.0. The second kappa shape index (κ2) is 12.9. The molecule has 1 fully saturated rings. The Bertz CT molecular complexity index is 178. The first-order valence-corrected chi connectivity index (χ1v) is 8.76. The Morgan fingerprint density at radius 2 is 1.58 bits per heavy atom. The molecule has 1 rings (SSSR count). The minimum absolute atomic E-state index is 0.574. The van der Waals surface area contributed by atoms with Crippen LogP contribution in [0.1, 0.15) is 84.0 Å². The molecule has 0 spiro atoms. The summed E-state index contributed by atoms with van der Waals surface area (Å²) >= 11 is 0. The first-order valence-electron chi connectivity index (χ1n) is 8.76. The standard InChI is InChI=1S/C17H35NO/c1-2-3-4-5-6-7-8-9-14-18-15-10-12-17-13-11-16-19-17/h17-18H,2-16H2,1H3. The van der Waals surface area contributed by atoms with Gasteiger partial charge in [-0.1, -0.05) is 51.9 Å². The van der Waals surface area contributed by atoms with Gasteiger partial charge in [0.05, 0.1) is 6.10 Å². The van der Waals surface area contributed by atoms with Gasteiger partial charge in [0.1, 0.15) is 0 Å². The Morgan fingerprint density at radius 1 is 0.895 bits per heavy atom. The Morgan fingerprint density at radius 3 is 2.26 bits per heavy atom. The van der Waals surface area contributed by atoms with Gasteiger partial charge in [0.15, 0.2) is 0 Å². The molecule has 1 aliphatic rings. The number of nitrogens with one attached hydrogen (secondary N) is 1. The number of hydrogen-bond acceptors (Lipinski definition) is 2. The highest BCUT2D eigenvalue weighted by Gasteiger charge is 2.13. The van der Waals surface area contributed by atoms with E-state index < -0.39 is 0 Å². The van der Waals surface area contributed by atoms with Crippen molar-refractivity contribution in [3.8, 4) is 0 Å². The third-order valence-electron chi connectivity index (χ3n) is 4.11. The fourth-order valence-electron chi connectivity index (χ4n) is 2.84. The van der Waals surface area contributed by atoms with Crippen molar-refractivity contribution in [2.24, 2.45) is 0 Å². The molecule has 0 aromatic rings. The fraction of sp³-hybridized carbons (Fsp3) is 1.00. The van der Waals surface area contributed by atoms with E-state index in [0.29, 0.717) is 6.10 Å². The zero-order chi connectivity index (χ0) is 13.6. The molecular weight excluding hydrogens is 234 g/mol. The van der Waals surface area contributed by atoms with Crippen LogP contribution in [0.5, 0.6) is 0 Å². The van der Waals surface area contributed by atoms with Crippen LogP contribution in [0.25, 0.3) is 0 Å². The Hall–Kier alpha value is -0.0800. The van der Waals surface area contributed by atoms with Gasteiger partial charge in [-0.3, -0.25) is 0 Å². The van der Waals surface area contributed by atoms with Crippen LogP contribution in [0.3, 0.4) is 0 Å². The van der Waals surface area contributed by atoms with Crippen molar-refractivity contribution in [1.82, 2.24) is 5.32 Å². The SMILES string of the molecule is CCCCCCCCCCNCCCC1CCCO1. The largest absolute Gasteiger partial charge is 0.378 e. The summed E-state index contributed by atoms with van der Waals surface area (Å²) in [7, 11) is 0. The molecule has 1 saturated heterocycles. The van der Waals surface area contributed by atoms with Crippen LogP contribution >= 0.6 is 0 Å². The predicted octanol–water partition coefficient (Wildman–Crippen LogP) is 4.68. The van der Waals surface area contributed by atoms with Crippen molar-refractivity contribution < 1.29 is 4.74 Å². The van der Waals surface area contributed by atoms with Gasteiger partial charge in [0.25, 0.3) is 0 Å². The lowest BCUT2D eigenvalue weighted by Gasteiger charge is -2.09. The Balaban J connectivity index is 1.67. The van der Waals surface area contributed by atoms with Crippen molar-refractivity contribution in [1.29, 1.82) is 0 Å². The van der Waals surface area contributed by atoms with Gasteiger partial charge in [-0.05, 0) is 45.2 Å². The maximum absolute atomic E-state index is 5.63. The first kappa shape index (κ1) is 17.0. The van der Waals surface area contributed by atoms with E-state index in [0.717, 1.165) is 6.61 Å². The van der Waals surface area contributed by atoms with Gasteiger partial charge in [0.2, 0.25) is 0 Å². The normalized spacial score (nSPS) is 19.1. The van der Waals surface area contributed by atoms with Gasteiger partial charge in [-0.25, -0.2) is 0 Å². The first-order chi connectivity index (χ1) is 9.43. The topological polar surface area (TPSA) is 21.3 Å². The Labute approximate surface area is 120 Å². The molecule has 114 valence electrons. The summed E-state index contributed by atoms with van der Waals surface area (Å²) in [6, 6.07) is 0. The van der Waals surface area contributed by atoms with Crippen LogP contribution in [0.2, 0.25) is 0 Å². The second-order valence-corrected chi connectivity index (χ2v) is 6.00. The van der Waals surface area contributed by atoms with Gasteiger partial charge < -0.3 is 10.1 Å². The lowest BCUT2D eigenvalue weighted by molar-refractivity contribution is 0.102. The van der Waals surface area contributed by atoms with Crippen LogP contribution < -0.4 is 5.32 Å². The molecule has 0 aliphatic carbocycles. The quantitative estimate of drug-likeness (QED) is 0.490. The molecule has 0 aromatic carbocycles. The van der Waals surface area contributed by atoms with E-state index in [-0.39, 0.29) is 0 Å². The number of rotatable bonds is 13. The van der Waals surface area contributed by atoms with E-state index >= 15 is 0 Å². The number of hydrogen-bond donors (Lipinski definition) is 1. The summed E-state index contributed by atoms with van der Waals surface area (Å²) in [4.78, 5) is 0. The zero-order valence-electron chi connectivity index (χ0n) is 13.1. The van der Waals surface area contributed by atoms with E-state index in [1.165, 1.54) is 90.1 Å². The molecule has 1 unspecified atom stereocenters. The molecule has 1 aliphatic heterocycles. The zero-order valence-corrected chi connectivity index (χ0v) is 13.1. The molecular formula is C17H35NO. The minimum atomic E-state index is 0.574. The average molecular weight is 269 g/mol. The number of unbranched alkanes of at least 4 members (excludes halogenated alkanes) is 7. The highest BCUT2D eigenvalue weighted by molar-refractivity contribution is 4.65.